The van der Waals surface area contributed by atoms with Gasteiger partial charge in [0.25, 0.3) is 0 Å². The van der Waals surface area contributed by atoms with Gasteiger partial charge in [-0.3, -0.25) is 4.98 Å². The van der Waals surface area contributed by atoms with Crippen molar-refractivity contribution in [3.8, 4) is 28.4 Å². The van der Waals surface area contributed by atoms with Gasteiger partial charge < -0.3 is 15.5 Å². The molecule has 0 fully saturated rings. The third kappa shape index (κ3) is 2.51. The highest BCUT2D eigenvalue weighted by Crippen LogP contribution is 2.36. The van der Waals surface area contributed by atoms with Gasteiger partial charge in [0.15, 0.2) is 0 Å². The van der Waals surface area contributed by atoms with Crippen LogP contribution in [0.4, 0.5) is 5.69 Å². The van der Waals surface area contributed by atoms with Crippen LogP contribution in [0.1, 0.15) is 5.69 Å². The number of ether oxygens (including phenoxy) is 1. The Morgan fingerprint density at radius 3 is 2.82 bits per heavy atom. The zero-order chi connectivity index (χ0) is 15.7. The van der Waals surface area contributed by atoms with E-state index in [1.807, 2.05) is 19.1 Å². The van der Waals surface area contributed by atoms with E-state index in [2.05, 4.69) is 15.0 Å². The van der Waals surface area contributed by atoms with Crippen LogP contribution in [0.2, 0.25) is 5.02 Å². The highest BCUT2D eigenvalue weighted by molar-refractivity contribution is 6.33. The van der Waals surface area contributed by atoms with Gasteiger partial charge >= 0.3 is 0 Å². The zero-order valence-corrected chi connectivity index (χ0v) is 13.0. The van der Waals surface area contributed by atoms with E-state index >= 15 is 0 Å². The molecule has 0 radical (unpaired) electrons. The molecule has 5 nitrogen and oxygen atoms in total. The molecule has 2 aromatic heterocycles. The molecule has 0 aliphatic heterocycles. The predicted octanol–water partition coefficient (Wildman–Crippen LogP) is 3.69. The molecule has 0 aliphatic carbocycles. The van der Waals surface area contributed by atoms with Crippen LogP contribution in [-0.2, 0) is 0 Å². The molecule has 112 valence electrons. The molecule has 3 aromatic rings. The Bertz CT molecular complexity index is 815. The lowest BCUT2D eigenvalue weighted by Crippen LogP contribution is -1.94. The van der Waals surface area contributed by atoms with Crippen molar-refractivity contribution in [2.45, 2.75) is 6.92 Å². The number of rotatable bonds is 3. The Labute approximate surface area is 133 Å². The van der Waals surface area contributed by atoms with Gasteiger partial charge in [0.2, 0.25) is 0 Å². The monoisotopic (exact) mass is 314 g/mol. The number of H-pyrrole nitrogens is 1. The van der Waals surface area contributed by atoms with Crippen LogP contribution in [0.25, 0.3) is 22.6 Å². The molecular formula is C16H15ClN4O. The fraction of sp³-hybridized carbons (Fsp3) is 0.125. The molecule has 0 aliphatic rings. The largest absolute Gasteiger partial charge is 0.496 e. The van der Waals surface area contributed by atoms with Crippen molar-refractivity contribution in [1.82, 2.24) is 15.0 Å². The Kier molecular flexibility index (Phi) is 3.73. The molecule has 6 heteroatoms. The van der Waals surface area contributed by atoms with Crippen LogP contribution in [0, 0.1) is 6.92 Å². The van der Waals surface area contributed by atoms with Crippen molar-refractivity contribution in [3.63, 3.8) is 0 Å². The summed E-state index contributed by atoms with van der Waals surface area (Å²) in [5, 5.41) is 0.466. The van der Waals surface area contributed by atoms with E-state index in [0.29, 0.717) is 22.3 Å². The number of nitrogens with two attached hydrogens (primary N) is 1. The number of aromatic amines is 1. The van der Waals surface area contributed by atoms with E-state index < -0.39 is 0 Å². The van der Waals surface area contributed by atoms with E-state index in [9.17, 15) is 0 Å². The first-order valence-corrected chi connectivity index (χ1v) is 7.08. The van der Waals surface area contributed by atoms with E-state index in [1.54, 1.807) is 31.6 Å². The molecule has 0 unspecified atom stereocenters. The second-order valence-electron chi connectivity index (χ2n) is 4.87. The van der Waals surface area contributed by atoms with E-state index in [1.165, 1.54) is 0 Å². The molecule has 2 heterocycles. The number of halogens is 1. The Hall–Kier alpha value is -2.53. The van der Waals surface area contributed by atoms with Crippen LogP contribution >= 0.6 is 11.6 Å². The van der Waals surface area contributed by atoms with Gasteiger partial charge in [0, 0.05) is 29.7 Å². The third-order valence-corrected chi connectivity index (χ3v) is 3.72. The van der Waals surface area contributed by atoms with E-state index in [4.69, 9.17) is 22.1 Å². The molecule has 0 atom stereocenters. The lowest BCUT2D eigenvalue weighted by atomic mass is 10.1. The van der Waals surface area contributed by atoms with Crippen molar-refractivity contribution in [2.24, 2.45) is 0 Å². The number of nitrogen functional groups attached to an aromatic ring is 1. The fourth-order valence-corrected chi connectivity index (χ4v) is 2.46. The molecule has 3 rings (SSSR count). The van der Waals surface area contributed by atoms with Crippen LogP contribution in [-0.4, -0.2) is 22.1 Å². The van der Waals surface area contributed by atoms with E-state index in [-0.39, 0.29) is 0 Å². The van der Waals surface area contributed by atoms with Gasteiger partial charge in [-0.25, -0.2) is 4.98 Å². The minimum Gasteiger partial charge on any atom is -0.496 e. The summed E-state index contributed by atoms with van der Waals surface area (Å²) in [6.07, 6.45) is 3.51. The maximum atomic E-state index is 6.12. The molecular weight excluding hydrogens is 300 g/mol. The number of hydrogen-bond donors (Lipinski definition) is 2. The van der Waals surface area contributed by atoms with Crippen LogP contribution < -0.4 is 10.5 Å². The molecule has 0 spiro atoms. The standard InChI is InChI=1S/C16H15ClN4O/c1-9-15(10-4-3-5-19-8-10)21-16(20-9)11-6-12(17)13(18)7-14(11)22-2/h3-8H,18H2,1-2H3,(H,20,21). The lowest BCUT2D eigenvalue weighted by Gasteiger charge is -2.08. The van der Waals surface area contributed by atoms with Crippen molar-refractivity contribution in [1.29, 1.82) is 0 Å². The zero-order valence-electron chi connectivity index (χ0n) is 12.2. The minimum atomic E-state index is 0.466. The molecule has 0 amide bonds. The highest BCUT2D eigenvalue weighted by atomic mass is 35.5. The topological polar surface area (TPSA) is 76.8 Å². The lowest BCUT2D eigenvalue weighted by molar-refractivity contribution is 0.416. The first-order chi connectivity index (χ1) is 10.6. The molecule has 0 saturated carbocycles. The number of methoxy groups -OCH3 is 1. The number of benzene rings is 1. The maximum Gasteiger partial charge on any atom is 0.142 e. The number of aryl methyl sites for hydroxylation is 1. The summed E-state index contributed by atoms with van der Waals surface area (Å²) < 4.78 is 5.38. The molecule has 0 saturated heterocycles. The first-order valence-electron chi connectivity index (χ1n) is 6.70. The SMILES string of the molecule is COc1cc(N)c(Cl)cc1-c1nc(-c2cccnc2)c(C)[nH]1. The summed E-state index contributed by atoms with van der Waals surface area (Å²) in [5.74, 6) is 1.29. The highest BCUT2D eigenvalue weighted by Gasteiger charge is 2.15. The summed E-state index contributed by atoms with van der Waals surface area (Å²) >= 11 is 6.12. The quantitative estimate of drug-likeness (QED) is 0.723. The van der Waals surface area contributed by atoms with Crippen molar-refractivity contribution < 1.29 is 4.74 Å². The number of pyridine rings is 1. The maximum absolute atomic E-state index is 6.12. The number of nitrogens with zero attached hydrogens (tertiary/aromatic N) is 2. The predicted molar refractivity (Wildman–Crippen MR) is 88.0 cm³/mol. The van der Waals surface area contributed by atoms with Gasteiger partial charge in [0.05, 0.1) is 29.1 Å². The smallest absolute Gasteiger partial charge is 0.142 e. The van der Waals surface area contributed by atoms with Crippen LogP contribution in [0.5, 0.6) is 5.75 Å². The summed E-state index contributed by atoms with van der Waals surface area (Å²) in [6, 6.07) is 7.29. The second kappa shape index (κ2) is 5.69. The van der Waals surface area contributed by atoms with Crippen LogP contribution in [0.3, 0.4) is 0 Å². The van der Waals surface area contributed by atoms with Crippen LogP contribution in [0.15, 0.2) is 36.7 Å². The Morgan fingerprint density at radius 2 is 2.14 bits per heavy atom. The normalized spacial score (nSPS) is 10.7. The first kappa shape index (κ1) is 14.4. The second-order valence-corrected chi connectivity index (χ2v) is 5.28. The summed E-state index contributed by atoms with van der Waals surface area (Å²) in [4.78, 5) is 12.0. The summed E-state index contributed by atoms with van der Waals surface area (Å²) in [7, 11) is 1.59. The van der Waals surface area contributed by atoms with Gasteiger partial charge in [-0.1, -0.05) is 11.6 Å². The molecule has 22 heavy (non-hydrogen) atoms. The van der Waals surface area contributed by atoms with Crippen molar-refractivity contribution in [3.05, 3.63) is 47.4 Å². The van der Waals surface area contributed by atoms with Crippen molar-refractivity contribution >= 4 is 17.3 Å². The Morgan fingerprint density at radius 1 is 1.32 bits per heavy atom. The van der Waals surface area contributed by atoms with Gasteiger partial charge in [-0.2, -0.15) is 0 Å². The summed E-state index contributed by atoms with van der Waals surface area (Å²) in [6.45, 7) is 1.96. The fourth-order valence-electron chi connectivity index (χ4n) is 2.29. The average molecular weight is 315 g/mol. The number of nitrogens with one attached hydrogen (secondary N) is 1. The van der Waals surface area contributed by atoms with Gasteiger partial charge in [-0.15, -0.1) is 0 Å². The van der Waals surface area contributed by atoms with Gasteiger partial charge in [-0.05, 0) is 25.1 Å². The molecule has 3 N–H and O–H groups in total. The van der Waals surface area contributed by atoms with Crippen molar-refractivity contribution in [2.75, 3.05) is 12.8 Å². The average Bonchev–Trinajstić information content (AvgIpc) is 2.92. The Balaban J connectivity index is 2.13. The van der Waals surface area contributed by atoms with Gasteiger partial charge in [0.1, 0.15) is 11.6 Å². The molecule has 1 aromatic carbocycles. The van der Waals surface area contributed by atoms with E-state index in [0.717, 1.165) is 22.5 Å². The number of aromatic nitrogens is 3. The number of hydrogen-bond acceptors (Lipinski definition) is 4. The minimum absolute atomic E-state index is 0.466. The third-order valence-electron chi connectivity index (χ3n) is 3.39. The number of imidazole rings is 1. The summed E-state index contributed by atoms with van der Waals surface area (Å²) in [5.41, 5.74) is 9.79. The number of anilines is 1. The molecule has 0 bridgehead atoms.